The summed E-state index contributed by atoms with van der Waals surface area (Å²) in [6, 6.07) is 7.78. The minimum absolute atomic E-state index is 0.116. The number of rotatable bonds is 5. The molecule has 0 unspecified atom stereocenters. The number of likely N-dealkylation sites (tertiary alicyclic amines) is 1. The van der Waals surface area contributed by atoms with E-state index in [4.69, 9.17) is 4.74 Å². The second-order valence-corrected chi connectivity index (χ2v) is 9.37. The van der Waals surface area contributed by atoms with E-state index in [1.807, 2.05) is 26.0 Å². The van der Waals surface area contributed by atoms with Gasteiger partial charge in [-0.15, -0.1) is 0 Å². The van der Waals surface area contributed by atoms with Gasteiger partial charge in [-0.2, -0.15) is 0 Å². The normalized spacial score (nSPS) is 27.4. The number of carbonyl (C=O) groups is 3. The van der Waals surface area contributed by atoms with Crippen LogP contribution >= 0.6 is 0 Å². The molecule has 2 fully saturated rings. The van der Waals surface area contributed by atoms with E-state index >= 15 is 0 Å². The van der Waals surface area contributed by atoms with E-state index in [1.165, 1.54) is 24.1 Å². The third kappa shape index (κ3) is 3.04. The van der Waals surface area contributed by atoms with E-state index in [9.17, 15) is 24.6 Å². The van der Waals surface area contributed by atoms with Gasteiger partial charge in [0.05, 0.1) is 25.0 Å². The van der Waals surface area contributed by atoms with Crippen LogP contribution in [0, 0.1) is 25.7 Å². The Bertz CT molecular complexity index is 1230. The highest BCUT2D eigenvalue weighted by atomic mass is 16.5. The van der Waals surface area contributed by atoms with Crippen molar-refractivity contribution in [2.45, 2.75) is 31.8 Å². The van der Waals surface area contributed by atoms with Gasteiger partial charge in [-0.1, -0.05) is 23.8 Å². The molecule has 0 radical (unpaired) electrons. The van der Waals surface area contributed by atoms with E-state index in [1.54, 1.807) is 6.07 Å². The van der Waals surface area contributed by atoms with Crippen LogP contribution in [-0.2, 0) is 31.1 Å². The summed E-state index contributed by atoms with van der Waals surface area (Å²) in [5.74, 6) is -3.27. The van der Waals surface area contributed by atoms with Crippen molar-refractivity contribution in [2.24, 2.45) is 11.8 Å². The molecule has 9 heteroatoms. The molecule has 0 bridgehead atoms. The van der Waals surface area contributed by atoms with E-state index < -0.39 is 29.3 Å². The number of benzene rings is 2. The summed E-state index contributed by atoms with van der Waals surface area (Å²) in [5.41, 5.74) is 2.47. The molecule has 2 aromatic rings. The minimum Gasteiger partial charge on any atom is -0.504 e. The third-order valence-corrected chi connectivity index (χ3v) is 7.27. The van der Waals surface area contributed by atoms with Crippen LogP contribution in [0.2, 0.25) is 0 Å². The molecular weight excluding hydrogens is 438 g/mol. The molecule has 2 aromatic carbocycles. The number of fused-ring (bicyclic) bond motifs is 4. The number of phenolic OH excluding ortho intramolecular Hbond substituents is 2. The fourth-order valence-corrected chi connectivity index (χ4v) is 5.85. The lowest BCUT2D eigenvalue weighted by Gasteiger charge is -2.30. The van der Waals surface area contributed by atoms with Crippen molar-refractivity contribution in [2.75, 3.05) is 25.6 Å². The number of hydrogen-bond donors (Lipinski definition) is 4. The number of imide groups is 1. The van der Waals surface area contributed by atoms with E-state index in [-0.39, 0.29) is 42.9 Å². The summed E-state index contributed by atoms with van der Waals surface area (Å²) < 4.78 is 5.10. The van der Waals surface area contributed by atoms with Crippen LogP contribution in [-0.4, -0.2) is 59.1 Å². The van der Waals surface area contributed by atoms with Crippen LogP contribution in [0.4, 0.5) is 5.69 Å². The molecule has 5 rings (SSSR count). The molecule has 34 heavy (non-hydrogen) atoms. The number of nitrogens with zero attached hydrogens (tertiary/aromatic N) is 1. The zero-order valence-corrected chi connectivity index (χ0v) is 19.2. The van der Waals surface area contributed by atoms with Crippen molar-refractivity contribution >= 4 is 23.4 Å². The zero-order valence-electron chi connectivity index (χ0n) is 19.2. The number of carbonyl (C=O) groups excluding carboxylic acids is 3. The summed E-state index contributed by atoms with van der Waals surface area (Å²) in [4.78, 5) is 41.9. The minimum atomic E-state index is -1.38. The molecule has 9 nitrogen and oxygen atoms in total. The Labute approximate surface area is 196 Å². The molecule has 0 saturated carbocycles. The smallest absolute Gasteiger partial charge is 0.250 e. The third-order valence-electron chi connectivity index (χ3n) is 7.27. The van der Waals surface area contributed by atoms with Gasteiger partial charge < -0.3 is 20.3 Å². The summed E-state index contributed by atoms with van der Waals surface area (Å²) in [6.45, 7) is 4.15. The van der Waals surface area contributed by atoms with Crippen molar-refractivity contribution in [1.29, 1.82) is 0 Å². The largest absolute Gasteiger partial charge is 0.504 e. The topological polar surface area (TPSA) is 128 Å². The number of hydrogen-bond acceptors (Lipinski definition) is 7. The Kier molecular flexibility index (Phi) is 5.14. The molecular formula is C25H27N3O6. The number of methoxy groups -OCH3 is 1. The lowest BCUT2D eigenvalue weighted by Crippen LogP contribution is -2.53. The van der Waals surface area contributed by atoms with Crippen LogP contribution in [0.15, 0.2) is 30.3 Å². The van der Waals surface area contributed by atoms with Crippen molar-refractivity contribution in [1.82, 2.24) is 10.2 Å². The Morgan fingerprint density at radius 3 is 2.53 bits per heavy atom. The van der Waals surface area contributed by atoms with Gasteiger partial charge in [0.15, 0.2) is 11.5 Å². The highest BCUT2D eigenvalue weighted by molar-refractivity contribution is 6.15. The van der Waals surface area contributed by atoms with E-state index in [2.05, 4.69) is 10.6 Å². The highest BCUT2D eigenvalue weighted by Crippen LogP contribution is 2.54. The summed E-state index contributed by atoms with van der Waals surface area (Å²) in [5, 5.41) is 26.0. The van der Waals surface area contributed by atoms with Crippen LogP contribution < -0.4 is 10.6 Å². The van der Waals surface area contributed by atoms with Gasteiger partial charge in [0, 0.05) is 24.4 Å². The molecule has 1 spiro atoms. The molecule has 0 aromatic heterocycles. The second kappa shape index (κ2) is 7.82. The van der Waals surface area contributed by atoms with Crippen molar-refractivity contribution in [3.05, 3.63) is 52.6 Å². The Balaban J connectivity index is 1.63. The second-order valence-electron chi connectivity index (χ2n) is 9.37. The number of aromatic hydroxyl groups is 2. The predicted octanol–water partition coefficient (Wildman–Crippen LogP) is 1.32. The van der Waals surface area contributed by atoms with Gasteiger partial charge in [-0.3, -0.25) is 24.6 Å². The number of phenols is 2. The summed E-state index contributed by atoms with van der Waals surface area (Å²) in [7, 11) is 1.50. The Morgan fingerprint density at radius 2 is 1.82 bits per heavy atom. The number of aryl methyl sites for hydroxylation is 2. The quantitative estimate of drug-likeness (QED) is 0.387. The first-order valence-electron chi connectivity index (χ1n) is 11.2. The summed E-state index contributed by atoms with van der Waals surface area (Å²) in [6.07, 6.45) is 0.279. The molecule has 3 amide bonds. The highest BCUT2D eigenvalue weighted by Gasteiger charge is 2.70. The van der Waals surface area contributed by atoms with Crippen LogP contribution in [0.3, 0.4) is 0 Å². The van der Waals surface area contributed by atoms with Gasteiger partial charge in [0.1, 0.15) is 5.54 Å². The zero-order chi connectivity index (χ0) is 24.4. The standard InChI is InChI=1S/C25H27N3O6/c1-12-8-13(2)21-15(9-12)25(24(33)26-21)20-19(22(31)28(23(20)32)6-7-34-3)16(27-25)10-14-4-5-17(29)18(30)11-14/h4-5,8-9,11,16,19-20,27,29-30H,6-7,10H2,1-3H3,(H,26,33)/t16-,19-,20+,25+/m1/s1. The average Bonchev–Trinajstić information content (AvgIpc) is 3.35. The fraction of sp³-hybridized carbons (Fsp3) is 0.400. The van der Waals surface area contributed by atoms with Crippen molar-refractivity contribution < 1.29 is 29.3 Å². The monoisotopic (exact) mass is 465 g/mol. The van der Waals surface area contributed by atoms with Gasteiger partial charge in [0.25, 0.3) is 0 Å². The molecule has 178 valence electrons. The van der Waals surface area contributed by atoms with Gasteiger partial charge in [-0.25, -0.2) is 0 Å². The predicted molar refractivity (Wildman–Crippen MR) is 122 cm³/mol. The van der Waals surface area contributed by atoms with Gasteiger partial charge in [-0.05, 0) is 43.5 Å². The molecule has 4 N–H and O–H groups in total. The molecule has 4 atom stereocenters. The van der Waals surface area contributed by atoms with Crippen LogP contribution in [0.1, 0.15) is 22.3 Å². The number of amides is 3. The molecule has 0 aliphatic carbocycles. The fourth-order valence-electron chi connectivity index (χ4n) is 5.85. The maximum atomic E-state index is 13.6. The van der Waals surface area contributed by atoms with Gasteiger partial charge >= 0.3 is 0 Å². The first-order valence-corrected chi connectivity index (χ1v) is 11.2. The first kappa shape index (κ1) is 22.4. The van der Waals surface area contributed by atoms with Crippen molar-refractivity contribution in [3.63, 3.8) is 0 Å². The molecule has 3 aliphatic heterocycles. The van der Waals surface area contributed by atoms with Crippen molar-refractivity contribution in [3.8, 4) is 11.5 Å². The number of anilines is 1. The lowest BCUT2D eigenvalue weighted by molar-refractivity contribution is -0.143. The molecule has 2 saturated heterocycles. The SMILES string of the molecule is COCCN1C(=O)[C@H]2[C@@H](C1=O)[C@]1(N[C@@H]2Cc2ccc(O)c(O)c2)C(=O)Nc2c(C)cc(C)cc21. The van der Waals surface area contributed by atoms with Gasteiger partial charge in [0.2, 0.25) is 17.7 Å². The van der Waals surface area contributed by atoms with Crippen LogP contribution in [0.25, 0.3) is 0 Å². The average molecular weight is 466 g/mol. The molecule has 3 aliphatic rings. The Hall–Kier alpha value is -3.43. The first-order chi connectivity index (χ1) is 16.2. The number of ether oxygens (including phenoxy) is 1. The maximum absolute atomic E-state index is 13.6. The number of nitrogens with one attached hydrogen (secondary N) is 2. The van der Waals surface area contributed by atoms with Crippen LogP contribution in [0.5, 0.6) is 11.5 Å². The van der Waals surface area contributed by atoms with E-state index in [0.29, 0.717) is 16.8 Å². The Morgan fingerprint density at radius 1 is 1.06 bits per heavy atom. The molecule has 3 heterocycles. The summed E-state index contributed by atoms with van der Waals surface area (Å²) >= 11 is 0. The van der Waals surface area contributed by atoms with E-state index in [0.717, 1.165) is 11.1 Å². The maximum Gasteiger partial charge on any atom is 0.250 e. The lowest BCUT2D eigenvalue weighted by atomic mass is 9.75.